The first-order valence-electron chi connectivity index (χ1n) is 7.08. The van der Waals surface area contributed by atoms with E-state index in [1.807, 2.05) is 0 Å². The lowest BCUT2D eigenvalue weighted by Crippen LogP contribution is -2.29. The third-order valence-electron chi connectivity index (χ3n) is 3.93. The number of carboxylic acids is 1. The molecule has 1 unspecified atom stereocenters. The molecule has 5 nitrogen and oxygen atoms in total. The molecule has 1 aromatic carbocycles. The minimum Gasteiger partial charge on any atom is -0.478 e. The fourth-order valence-corrected chi connectivity index (χ4v) is 2.61. The van der Waals surface area contributed by atoms with Crippen molar-refractivity contribution in [3.05, 3.63) is 23.8 Å². The number of aromatic carboxylic acids is 1. The minimum absolute atomic E-state index is 0.222. The van der Waals surface area contributed by atoms with Crippen molar-refractivity contribution < 1.29 is 9.90 Å². The zero-order valence-corrected chi connectivity index (χ0v) is 12.1. The largest absolute Gasteiger partial charge is 0.478 e. The van der Waals surface area contributed by atoms with E-state index in [0.717, 1.165) is 25.3 Å². The van der Waals surface area contributed by atoms with Gasteiger partial charge in [0.2, 0.25) is 0 Å². The Morgan fingerprint density at radius 1 is 1.55 bits per heavy atom. The van der Waals surface area contributed by atoms with Crippen LogP contribution in [0.25, 0.3) is 0 Å². The molecule has 1 saturated heterocycles. The molecule has 1 heterocycles. The van der Waals surface area contributed by atoms with Crippen molar-refractivity contribution in [3.8, 4) is 0 Å². The van der Waals surface area contributed by atoms with Gasteiger partial charge in [-0.3, -0.25) is 0 Å². The number of nitrogens with two attached hydrogens (primary N) is 1. The lowest BCUT2D eigenvalue weighted by atomic mass is 10.1. The van der Waals surface area contributed by atoms with E-state index in [2.05, 4.69) is 24.1 Å². The number of nitrogens with zero attached hydrogens (tertiary/aromatic N) is 1. The van der Waals surface area contributed by atoms with Crippen LogP contribution in [0, 0.1) is 5.92 Å². The molecule has 2 rings (SSSR count). The van der Waals surface area contributed by atoms with Crippen LogP contribution in [-0.4, -0.2) is 41.7 Å². The third-order valence-corrected chi connectivity index (χ3v) is 3.93. The molecule has 1 atom stereocenters. The van der Waals surface area contributed by atoms with Gasteiger partial charge in [0, 0.05) is 19.1 Å². The van der Waals surface area contributed by atoms with Gasteiger partial charge in [-0.2, -0.15) is 0 Å². The average molecular weight is 277 g/mol. The summed E-state index contributed by atoms with van der Waals surface area (Å²) < 4.78 is 0. The molecular weight excluding hydrogens is 254 g/mol. The highest BCUT2D eigenvalue weighted by molar-refractivity contribution is 5.90. The summed E-state index contributed by atoms with van der Waals surface area (Å²) in [5.41, 5.74) is 7.41. The van der Waals surface area contributed by atoms with Gasteiger partial charge in [0.15, 0.2) is 0 Å². The maximum absolute atomic E-state index is 10.8. The van der Waals surface area contributed by atoms with E-state index in [1.54, 1.807) is 12.1 Å². The smallest absolute Gasteiger partial charge is 0.335 e. The van der Waals surface area contributed by atoms with Crippen LogP contribution in [0.1, 0.15) is 30.6 Å². The van der Waals surface area contributed by atoms with E-state index in [0.29, 0.717) is 17.6 Å². The van der Waals surface area contributed by atoms with Crippen LogP contribution in [-0.2, 0) is 0 Å². The lowest BCUT2D eigenvalue weighted by molar-refractivity contribution is 0.0697. The van der Waals surface area contributed by atoms with E-state index in [-0.39, 0.29) is 5.56 Å². The Morgan fingerprint density at radius 2 is 2.30 bits per heavy atom. The molecule has 0 spiro atoms. The van der Waals surface area contributed by atoms with Crippen molar-refractivity contribution in [2.24, 2.45) is 5.92 Å². The number of anilines is 2. The lowest BCUT2D eigenvalue weighted by Gasteiger charge is -2.20. The van der Waals surface area contributed by atoms with Gasteiger partial charge < -0.3 is 21.1 Å². The van der Waals surface area contributed by atoms with Crippen LogP contribution in [0.2, 0.25) is 0 Å². The van der Waals surface area contributed by atoms with E-state index in [4.69, 9.17) is 10.8 Å². The highest BCUT2D eigenvalue weighted by Gasteiger charge is 2.23. The Kier molecular flexibility index (Phi) is 4.49. The van der Waals surface area contributed by atoms with Crippen LogP contribution in [0.15, 0.2) is 18.2 Å². The van der Waals surface area contributed by atoms with Gasteiger partial charge in [0.05, 0.1) is 16.9 Å². The molecule has 0 radical (unpaired) electrons. The first-order chi connectivity index (χ1) is 9.47. The SMILES string of the molecule is CC(C)N1CCC(CNc2ccc(C(=O)O)cc2N)C1. The van der Waals surface area contributed by atoms with E-state index < -0.39 is 5.97 Å². The fraction of sp³-hybridized carbons (Fsp3) is 0.533. The second-order valence-corrected chi connectivity index (χ2v) is 5.73. The number of carbonyl (C=O) groups is 1. The number of hydrogen-bond donors (Lipinski definition) is 3. The maximum Gasteiger partial charge on any atom is 0.335 e. The summed E-state index contributed by atoms with van der Waals surface area (Å²) in [6, 6.07) is 5.42. The summed E-state index contributed by atoms with van der Waals surface area (Å²) in [5.74, 6) is -0.331. The summed E-state index contributed by atoms with van der Waals surface area (Å²) >= 11 is 0. The highest BCUT2D eigenvalue weighted by Crippen LogP contribution is 2.23. The number of hydrogen-bond acceptors (Lipinski definition) is 4. The third kappa shape index (κ3) is 3.42. The quantitative estimate of drug-likeness (QED) is 0.718. The Hall–Kier alpha value is -1.75. The number of nitrogens with one attached hydrogen (secondary N) is 1. The molecule has 1 fully saturated rings. The van der Waals surface area contributed by atoms with Crippen molar-refractivity contribution in [3.63, 3.8) is 0 Å². The van der Waals surface area contributed by atoms with Gasteiger partial charge in [0.25, 0.3) is 0 Å². The Bertz CT molecular complexity index is 488. The fourth-order valence-electron chi connectivity index (χ4n) is 2.61. The molecule has 0 bridgehead atoms. The topological polar surface area (TPSA) is 78.6 Å². The van der Waals surface area contributed by atoms with Gasteiger partial charge in [-0.15, -0.1) is 0 Å². The van der Waals surface area contributed by atoms with E-state index >= 15 is 0 Å². The summed E-state index contributed by atoms with van der Waals surface area (Å²) in [6.45, 7) is 7.58. The van der Waals surface area contributed by atoms with Gasteiger partial charge >= 0.3 is 5.97 Å². The second kappa shape index (κ2) is 6.13. The molecule has 0 amide bonds. The van der Waals surface area contributed by atoms with Crippen LogP contribution in [0.4, 0.5) is 11.4 Å². The highest BCUT2D eigenvalue weighted by atomic mass is 16.4. The molecule has 0 aliphatic carbocycles. The summed E-state index contributed by atoms with van der Waals surface area (Å²) in [5, 5.41) is 12.2. The Balaban J connectivity index is 1.90. The van der Waals surface area contributed by atoms with Crippen molar-refractivity contribution in [1.29, 1.82) is 0 Å². The predicted octanol–water partition coefficient (Wildman–Crippen LogP) is 2.11. The van der Waals surface area contributed by atoms with Crippen LogP contribution in [0.5, 0.6) is 0 Å². The molecule has 1 aliphatic heterocycles. The number of likely N-dealkylation sites (tertiary alicyclic amines) is 1. The number of rotatable bonds is 5. The summed E-state index contributed by atoms with van der Waals surface area (Å²) in [6.07, 6.45) is 1.19. The molecule has 20 heavy (non-hydrogen) atoms. The van der Waals surface area contributed by atoms with Crippen molar-refractivity contribution in [2.75, 3.05) is 30.7 Å². The first kappa shape index (κ1) is 14.7. The van der Waals surface area contributed by atoms with E-state index in [9.17, 15) is 4.79 Å². The first-order valence-corrected chi connectivity index (χ1v) is 7.08. The minimum atomic E-state index is -0.952. The van der Waals surface area contributed by atoms with Gasteiger partial charge in [-0.05, 0) is 50.9 Å². The molecule has 5 heteroatoms. The van der Waals surface area contributed by atoms with Gasteiger partial charge in [-0.25, -0.2) is 4.79 Å². The Labute approximate surface area is 119 Å². The molecular formula is C15H23N3O2. The zero-order valence-electron chi connectivity index (χ0n) is 12.1. The molecule has 0 saturated carbocycles. The predicted molar refractivity (Wildman–Crippen MR) is 81.1 cm³/mol. The monoisotopic (exact) mass is 277 g/mol. The van der Waals surface area contributed by atoms with Crippen LogP contribution < -0.4 is 11.1 Å². The summed E-state index contributed by atoms with van der Waals surface area (Å²) in [4.78, 5) is 13.3. The van der Waals surface area contributed by atoms with Crippen molar-refractivity contribution >= 4 is 17.3 Å². The zero-order chi connectivity index (χ0) is 14.7. The standard InChI is InChI=1S/C15H23N3O2/c1-10(2)18-6-5-11(9-18)8-17-14-4-3-12(15(19)20)7-13(14)16/h3-4,7,10-11,17H,5-6,8-9,16H2,1-2H3,(H,19,20). The second-order valence-electron chi connectivity index (χ2n) is 5.73. The molecule has 110 valence electrons. The molecule has 0 aromatic heterocycles. The number of nitrogen functional groups attached to an aromatic ring is 1. The van der Waals surface area contributed by atoms with Crippen LogP contribution in [0.3, 0.4) is 0 Å². The van der Waals surface area contributed by atoms with Gasteiger partial charge in [0.1, 0.15) is 0 Å². The molecule has 1 aromatic rings. The van der Waals surface area contributed by atoms with Gasteiger partial charge in [-0.1, -0.05) is 0 Å². The Morgan fingerprint density at radius 3 is 2.85 bits per heavy atom. The molecule has 4 N–H and O–H groups in total. The van der Waals surface area contributed by atoms with E-state index in [1.165, 1.54) is 12.5 Å². The van der Waals surface area contributed by atoms with Crippen LogP contribution >= 0.6 is 0 Å². The van der Waals surface area contributed by atoms with Crippen molar-refractivity contribution in [2.45, 2.75) is 26.3 Å². The maximum atomic E-state index is 10.8. The number of benzene rings is 1. The number of carboxylic acid groups (broad SMARTS) is 1. The average Bonchev–Trinajstić information content (AvgIpc) is 2.86. The summed E-state index contributed by atoms with van der Waals surface area (Å²) in [7, 11) is 0. The molecule has 1 aliphatic rings. The normalized spacial score (nSPS) is 19.4. The van der Waals surface area contributed by atoms with Crippen molar-refractivity contribution in [1.82, 2.24) is 4.90 Å².